The number of carbonyl (C=O) groups excluding carboxylic acids is 1. The van der Waals surface area contributed by atoms with Crippen LogP contribution in [0.2, 0.25) is 5.15 Å². The van der Waals surface area contributed by atoms with Gasteiger partial charge in [-0.3, -0.25) is 4.79 Å². The lowest BCUT2D eigenvalue weighted by molar-refractivity contribution is -0.127. The Kier molecular flexibility index (Phi) is 4.37. The van der Waals surface area contributed by atoms with Crippen LogP contribution in [-0.2, 0) is 4.79 Å². The highest BCUT2D eigenvalue weighted by molar-refractivity contribution is 6.29. The first-order valence-electron chi connectivity index (χ1n) is 4.94. The zero-order valence-corrected chi connectivity index (χ0v) is 10.1. The number of nitrogens with two attached hydrogens (primary N) is 1. The van der Waals surface area contributed by atoms with Crippen molar-refractivity contribution in [3.63, 3.8) is 0 Å². The van der Waals surface area contributed by atoms with Gasteiger partial charge in [-0.1, -0.05) is 11.6 Å². The van der Waals surface area contributed by atoms with Gasteiger partial charge in [0.25, 0.3) is 0 Å². The average Bonchev–Trinajstić information content (AvgIpc) is 2.28. The van der Waals surface area contributed by atoms with Crippen molar-refractivity contribution in [2.45, 2.75) is 6.92 Å². The summed E-state index contributed by atoms with van der Waals surface area (Å²) >= 11 is 5.72. The lowest BCUT2D eigenvalue weighted by Crippen LogP contribution is -2.32. The number of rotatable bonds is 4. The third kappa shape index (κ3) is 3.27. The molecule has 5 nitrogen and oxygen atoms in total. The van der Waals surface area contributed by atoms with Gasteiger partial charge in [-0.25, -0.2) is 4.98 Å². The van der Waals surface area contributed by atoms with E-state index in [0.29, 0.717) is 23.2 Å². The van der Waals surface area contributed by atoms with E-state index in [0.717, 1.165) is 0 Å². The maximum absolute atomic E-state index is 11.5. The number of anilines is 2. The number of likely N-dealkylation sites (N-methyl/N-ethyl adjacent to an activating group) is 1. The standard InChI is InChI=1S/C10H15ClN4O/c1-3-15(2)9(16)6-13-10-7(12)4-5-8(11)14-10/h4-5H,3,6,12H2,1-2H3,(H,13,14). The second-order valence-corrected chi connectivity index (χ2v) is 3.72. The summed E-state index contributed by atoms with van der Waals surface area (Å²) in [6, 6.07) is 3.24. The first-order chi connectivity index (χ1) is 7.54. The summed E-state index contributed by atoms with van der Waals surface area (Å²) in [4.78, 5) is 17.1. The molecule has 0 unspecified atom stereocenters. The average molecular weight is 243 g/mol. The number of hydrogen-bond donors (Lipinski definition) is 2. The molecular formula is C10H15ClN4O. The van der Waals surface area contributed by atoms with Gasteiger partial charge in [0.1, 0.15) is 5.15 Å². The molecule has 0 aliphatic heterocycles. The molecule has 0 aliphatic carbocycles. The van der Waals surface area contributed by atoms with E-state index in [9.17, 15) is 4.79 Å². The Labute approximate surface area is 99.6 Å². The van der Waals surface area contributed by atoms with Gasteiger partial charge in [-0.2, -0.15) is 0 Å². The third-order valence-electron chi connectivity index (χ3n) is 2.20. The van der Waals surface area contributed by atoms with Gasteiger partial charge in [0.2, 0.25) is 5.91 Å². The van der Waals surface area contributed by atoms with Gasteiger partial charge >= 0.3 is 0 Å². The largest absolute Gasteiger partial charge is 0.396 e. The van der Waals surface area contributed by atoms with Crippen LogP contribution >= 0.6 is 11.6 Å². The molecule has 0 fully saturated rings. The summed E-state index contributed by atoms with van der Waals surface area (Å²) in [5.74, 6) is 0.411. The monoisotopic (exact) mass is 242 g/mol. The Morgan fingerprint density at radius 3 is 2.94 bits per heavy atom. The van der Waals surface area contributed by atoms with E-state index in [2.05, 4.69) is 10.3 Å². The Morgan fingerprint density at radius 1 is 1.62 bits per heavy atom. The van der Waals surface area contributed by atoms with E-state index in [4.69, 9.17) is 17.3 Å². The van der Waals surface area contributed by atoms with Crippen LogP contribution in [0.15, 0.2) is 12.1 Å². The summed E-state index contributed by atoms with van der Waals surface area (Å²) in [7, 11) is 1.73. The van der Waals surface area contributed by atoms with Crippen LogP contribution in [0.25, 0.3) is 0 Å². The molecule has 88 valence electrons. The number of carbonyl (C=O) groups is 1. The van der Waals surface area contributed by atoms with E-state index >= 15 is 0 Å². The number of nitrogen functional groups attached to an aromatic ring is 1. The van der Waals surface area contributed by atoms with E-state index in [1.807, 2.05) is 6.92 Å². The molecule has 0 saturated heterocycles. The molecule has 3 N–H and O–H groups in total. The normalized spacial score (nSPS) is 9.94. The maximum Gasteiger partial charge on any atom is 0.241 e. The van der Waals surface area contributed by atoms with Crippen LogP contribution in [0, 0.1) is 0 Å². The van der Waals surface area contributed by atoms with Crippen molar-refractivity contribution < 1.29 is 4.79 Å². The summed E-state index contributed by atoms with van der Waals surface area (Å²) in [5, 5.41) is 3.20. The Bertz CT molecular complexity index is 383. The van der Waals surface area contributed by atoms with E-state index in [1.165, 1.54) is 0 Å². The lowest BCUT2D eigenvalue weighted by atomic mass is 10.4. The molecule has 6 heteroatoms. The quantitative estimate of drug-likeness (QED) is 0.779. The molecular weight excluding hydrogens is 228 g/mol. The highest BCUT2D eigenvalue weighted by Crippen LogP contribution is 2.17. The fourth-order valence-electron chi connectivity index (χ4n) is 1.06. The topological polar surface area (TPSA) is 71.2 Å². The molecule has 0 radical (unpaired) electrons. The van der Waals surface area contributed by atoms with Gasteiger partial charge in [-0.05, 0) is 19.1 Å². The van der Waals surface area contributed by atoms with Gasteiger partial charge in [-0.15, -0.1) is 0 Å². The molecule has 1 heterocycles. The fraction of sp³-hybridized carbons (Fsp3) is 0.400. The highest BCUT2D eigenvalue weighted by atomic mass is 35.5. The zero-order chi connectivity index (χ0) is 12.1. The molecule has 16 heavy (non-hydrogen) atoms. The number of amides is 1. The molecule has 0 spiro atoms. The number of aromatic nitrogens is 1. The smallest absolute Gasteiger partial charge is 0.241 e. The number of pyridine rings is 1. The third-order valence-corrected chi connectivity index (χ3v) is 2.41. The van der Waals surface area contributed by atoms with Crippen LogP contribution in [0.1, 0.15) is 6.92 Å². The first-order valence-corrected chi connectivity index (χ1v) is 5.32. The molecule has 1 aromatic rings. The van der Waals surface area contributed by atoms with Crippen LogP contribution in [0.4, 0.5) is 11.5 Å². The highest BCUT2D eigenvalue weighted by Gasteiger charge is 2.08. The number of nitrogens with zero attached hydrogens (tertiary/aromatic N) is 2. The summed E-state index contributed by atoms with van der Waals surface area (Å²) < 4.78 is 0. The molecule has 0 aliphatic rings. The Balaban J connectivity index is 2.61. The second kappa shape index (κ2) is 5.55. The van der Waals surface area contributed by atoms with Crippen molar-refractivity contribution in [1.29, 1.82) is 0 Å². The van der Waals surface area contributed by atoms with Gasteiger partial charge in [0.05, 0.1) is 12.2 Å². The van der Waals surface area contributed by atoms with Gasteiger partial charge in [0, 0.05) is 13.6 Å². The van der Waals surface area contributed by atoms with Crippen LogP contribution in [-0.4, -0.2) is 35.9 Å². The minimum Gasteiger partial charge on any atom is -0.396 e. The van der Waals surface area contributed by atoms with Gasteiger partial charge in [0.15, 0.2) is 5.82 Å². The predicted molar refractivity (Wildman–Crippen MR) is 65.5 cm³/mol. The van der Waals surface area contributed by atoms with Crippen molar-refractivity contribution in [1.82, 2.24) is 9.88 Å². The predicted octanol–water partition coefficient (Wildman–Crippen LogP) is 1.21. The molecule has 1 rings (SSSR count). The van der Waals surface area contributed by atoms with Crippen molar-refractivity contribution >= 4 is 29.0 Å². The van der Waals surface area contributed by atoms with Crippen LogP contribution < -0.4 is 11.1 Å². The first kappa shape index (κ1) is 12.6. The summed E-state index contributed by atoms with van der Waals surface area (Å²) in [5.41, 5.74) is 6.14. The molecule has 1 amide bonds. The molecule has 0 aromatic carbocycles. The molecule has 0 saturated carbocycles. The van der Waals surface area contributed by atoms with Crippen molar-refractivity contribution in [2.75, 3.05) is 31.2 Å². The second-order valence-electron chi connectivity index (χ2n) is 3.33. The van der Waals surface area contributed by atoms with Gasteiger partial charge < -0.3 is 16.0 Å². The van der Waals surface area contributed by atoms with E-state index < -0.39 is 0 Å². The molecule has 1 aromatic heterocycles. The molecule has 0 atom stereocenters. The SMILES string of the molecule is CCN(C)C(=O)CNc1nc(Cl)ccc1N. The Hall–Kier alpha value is -1.49. The lowest BCUT2D eigenvalue weighted by Gasteiger charge is -2.15. The summed E-state index contributed by atoms with van der Waals surface area (Å²) in [6.07, 6.45) is 0. The van der Waals surface area contributed by atoms with E-state index in [1.54, 1.807) is 24.1 Å². The van der Waals surface area contributed by atoms with Crippen LogP contribution in [0.3, 0.4) is 0 Å². The minimum atomic E-state index is -0.0244. The number of nitrogens with one attached hydrogen (secondary N) is 1. The number of hydrogen-bond acceptors (Lipinski definition) is 4. The van der Waals surface area contributed by atoms with Crippen LogP contribution in [0.5, 0.6) is 0 Å². The Morgan fingerprint density at radius 2 is 2.31 bits per heavy atom. The molecule has 0 bridgehead atoms. The minimum absolute atomic E-state index is 0.0244. The summed E-state index contributed by atoms with van der Waals surface area (Å²) in [6.45, 7) is 2.73. The van der Waals surface area contributed by atoms with E-state index in [-0.39, 0.29) is 12.5 Å². The van der Waals surface area contributed by atoms with Crippen molar-refractivity contribution in [3.8, 4) is 0 Å². The van der Waals surface area contributed by atoms with Crippen molar-refractivity contribution in [3.05, 3.63) is 17.3 Å². The van der Waals surface area contributed by atoms with Crippen molar-refractivity contribution in [2.24, 2.45) is 0 Å². The maximum atomic E-state index is 11.5. The fourth-order valence-corrected chi connectivity index (χ4v) is 1.21. The zero-order valence-electron chi connectivity index (χ0n) is 9.33. The number of halogens is 1.